The van der Waals surface area contributed by atoms with Gasteiger partial charge in [-0.25, -0.2) is 0 Å². The van der Waals surface area contributed by atoms with Crippen LogP contribution in [0.4, 0.5) is 13.2 Å². The Hall–Kier alpha value is -1.53. The molecule has 3 atom stereocenters. The molecule has 23 heavy (non-hydrogen) atoms. The van der Waals surface area contributed by atoms with Crippen LogP contribution in [0.3, 0.4) is 0 Å². The van der Waals surface area contributed by atoms with Crippen molar-refractivity contribution >= 4 is 5.91 Å². The van der Waals surface area contributed by atoms with E-state index in [0.717, 1.165) is 12.8 Å². The maximum atomic E-state index is 12.9. The van der Waals surface area contributed by atoms with E-state index in [2.05, 4.69) is 5.10 Å². The van der Waals surface area contributed by atoms with Crippen molar-refractivity contribution in [2.24, 2.45) is 11.8 Å². The van der Waals surface area contributed by atoms with Crippen LogP contribution in [0.15, 0.2) is 18.5 Å². The topological polar surface area (TPSA) is 38.1 Å². The fraction of sp³-hybridized carbons (Fsp3) is 0.750. The summed E-state index contributed by atoms with van der Waals surface area (Å²) in [4.78, 5) is 14.4. The molecule has 0 spiro atoms. The van der Waals surface area contributed by atoms with Crippen molar-refractivity contribution in [3.05, 3.63) is 18.5 Å². The van der Waals surface area contributed by atoms with Crippen molar-refractivity contribution in [3.8, 4) is 0 Å². The first-order chi connectivity index (χ1) is 10.9. The minimum Gasteiger partial charge on any atom is -0.340 e. The van der Waals surface area contributed by atoms with Gasteiger partial charge in [0.2, 0.25) is 5.91 Å². The molecule has 2 aliphatic rings. The van der Waals surface area contributed by atoms with Crippen molar-refractivity contribution in [2.45, 2.75) is 50.7 Å². The standard InChI is InChI=1S/C16H22F3N3O/c17-16(18,19)13-5-1-4-12(10-13)15(23)21-8-2-6-14(11-21)22-9-3-7-20-22/h3,7,9,12-14H,1-2,4-6,8,10-11H2/t12-,13-,14+/m1/s1. The van der Waals surface area contributed by atoms with E-state index in [4.69, 9.17) is 0 Å². The summed E-state index contributed by atoms with van der Waals surface area (Å²) >= 11 is 0. The third kappa shape index (κ3) is 3.70. The van der Waals surface area contributed by atoms with Crippen molar-refractivity contribution in [3.63, 3.8) is 0 Å². The number of halogens is 3. The molecule has 1 aromatic heterocycles. The fourth-order valence-corrected chi connectivity index (χ4v) is 3.84. The molecule has 2 heterocycles. The highest BCUT2D eigenvalue weighted by Gasteiger charge is 2.44. The Kier molecular flexibility index (Phi) is 4.64. The number of piperidine rings is 1. The summed E-state index contributed by atoms with van der Waals surface area (Å²) in [6.45, 7) is 1.19. The Morgan fingerprint density at radius 3 is 2.70 bits per heavy atom. The lowest BCUT2D eigenvalue weighted by Crippen LogP contribution is -2.45. The van der Waals surface area contributed by atoms with Crippen LogP contribution in [0.1, 0.15) is 44.6 Å². The molecular formula is C16H22F3N3O. The molecule has 0 N–H and O–H groups in total. The van der Waals surface area contributed by atoms with E-state index in [0.29, 0.717) is 25.9 Å². The summed E-state index contributed by atoms with van der Waals surface area (Å²) in [5, 5.41) is 4.22. The van der Waals surface area contributed by atoms with Crippen LogP contribution >= 0.6 is 0 Å². The quantitative estimate of drug-likeness (QED) is 0.834. The highest BCUT2D eigenvalue weighted by atomic mass is 19.4. The number of hydrogen-bond donors (Lipinski definition) is 0. The zero-order chi connectivity index (χ0) is 16.4. The summed E-state index contributed by atoms with van der Waals surface area (Å²) in [5.41, 5.74) is 0. The molecular weight excluding hydrogens is 307 g/mol. The lowest BCUT2D eigenvalue weighted by atomic mass is 9.80. The average Bonchev–Trinajstić information content (AvgIpc) is 3.08. The van der Waals surface area contributed by atoms with Crippen molar-refractivity contribution in [1.82, 2.24) is 14.7 Å². The Bertz CT molecular complexity index is 529. The number of nitrogens with zero attached hydrogens (tertiary/aromatic N) is 3. The molecule has 2 fully saturated rings. The van der Waals surface area contributed by atoms with E-state index in [9.17, 15) is 18.0 Å². The predicted molar refractivity (Wildman–Crippen MR) is 78.6 cm³/mol. The first-order valence-corrected chi connectivity index (χ1v) is 8.30. The Labute approximate surface area is 133 Å². The minimum atomic E-state index is -4.18. The monoisotopic (exact) mass is 329 g/mol. The molecule has 0 aromatic carbocycles. The molecule has 1 aliphatic heterocycles. The van der Waals surface area contributed by atoms with Crippen molar-refractivity contribution in [2.75, 3.05) is 13.1 Å². The largest absolute Gasteiger partial charge is 0.391 e. The second-order valence-electron chi connectivity index (χ2n) is 6.67. The molecule has 0 bridgehead atoms. The van der Waals surface area contributed by atoms with Crippen LogP contribution in [0.5, 0.6) is 0 Å². The number of carbonyl (C=O) groups excluding carboxylic acids is 1. The molecule has 1 amide bonds. The number of alkyl halides is 3. The van der Waals surface area contributed by atoms with E-state index < -0.39 is 18.0 Å². The predicted octanol–water partition coefficient (Wildman–Crippen LogP) is 3.42. The average molecular weight is 329 g/mol. The Morgan fingerprint density at radius 2 is 2.00 bits per heavy atom. The number of rotatable bonds is 2. The van der Waals surface area contributed by atoms with Crippen LogP contribution in [-0.2, 0) is 4.79 Å². The minimum absolute atomic E-state index is 0.0503. The third-order valence-electron chi connectivity index (χ3n) is 5.09. The Balaban J connectivity index is 1.63. The molecule has 1 saturated carbocycles. The molecule has 0 radical (unpaired) electrons. The molecule has 7 heteroatoms. The molecule has 0 unspecified atom stereocenters. The maximum Gasteiger partial charge on any atom is 0.391 e. The number of likely N-dealkylation sites (tertiary alicyclic amines) is 1. The van der Waals surface area contributed by atoms with Gasteiger partial charge in [0.1, 0.15) is 0 Å². The van der Waals surface area contributed by atoms with Gasteiger partial charge in [0.05, 0.1) is 12.0 Å². The van der Waals surface area contributed by atoms with E-state index in [1.54, 1.807) is 11.1 Å². The Morgan fingerprint density at radius 1 is 1.17 bits per heavy atom. The first kappa shape index (κ1) is 16.3. The van der Waals surface area contributed by atoms with Crippen molar-refractivity contribution in [1.29, 1.82) is 0 Å². The van der Waals surface area contributed by atoms with Gasteiger partial charge in [0.15, 0.2) is 0 Å². The number of hydrogen-bond acceptors (Lipinski definition) is 2. The summed E-state index contributed by atoms with van der Waals surface area (Å²) in [6, 6.07) is 1.97. The number of amides is 1. The molecule has 4 nitrogen and oxygen atoms in total. The van der Waals surface area contributed by atoms with Crippen LogP contribution < -0.4 is 0 Å². The first-order valence-electron chi connectivity index (χ1n) is 8.30. The normalized spacial score (nSPS) is 29.5. The lowest BCUT2D eigenvalue weighted by Gasteiger charge is -2.37. The summed E-state index contributed by atoms with van der Waals surface area (Å²) in [5.74, 6) is -1.90. The molecule has 128 valence electrons. The lowest BCUT2D eigenvalue weighted by molar-refractivity contribution is -0.187. The summed E-state index contributed by atoms with van der Waals surface area (Å²) in [7, 11) is 0. The maximum absolute atomic E-state index is 12.9. The van der Waals surface area contributed by atoms with Gasteiger partial charge in [-0.1, -0.05) is 6.42 Å². The van der Waals surface area contributed by atoms with Crippen LogP contribution in [0, 0.1) is 11.8 Å². The second kappa shape index (κ2) is 6.53. The van der Waals surface area contributed by atoms with Crippen LogP contribution in [0.2, 0.25) is 0 Å². The van der Waals surface area contributed by atoms with Gasteiger partial charge in [-0.15, -0.1) is 0 Å². The summed E-state index contributed by atoms with van der Waals surface area (Å²) < 4.78 is 40.6. The number of aromatic nitrogens is 2. The highest BCUT2D eigenvalue weighted by molar-refractivity contribution is 5.79. The van der Waals surface area contributed by atoms with Crippen LogP contribution in [0.25, 0.3) is 0 Å². The van der Waals surface area contributed by atoms with E-state index in [-0.39, 0.29) is 24.8 Å². The van der Waals surface area contributed by atoms with Crippen LogP contribution in [-0.4, -0.2) is 39.9 Å². The van der Waals surface area contributed by atoms with Gasteiger partial charge in [-0.05, 0) is 38.2 Å². The number of carbonyl (C=O) groups is 1. The van der Waals surface area contributed by atoms with E-state index in [1.165, 1.54) is 0 Å². The zero-order valence-corrected chi connectivity index (χ0v) is 13.0. The van der Waals surface area contributed by atoms with Gasteiger partial charge in [-0.3, -0.25) is 9.48 Å². The zero-order valence-electron chi connectivity index (χ0n) is 13.0. The third-order valence-corrected chi connectivity index (χ3v) is 5.09. The molecule has 1 saturated heterocycles. The SMILES string of the molecule is O=C([C@@H]1CCC[C@@H](C(F)(F)F)C1)N1CCC[C@H](n2cccn2)C1. The summed E-state index contributed by atoms with van der Waals surface area (Å²) in [6.07, 6.45) is 2.38. The molecule has 1 aliphatic carbocycles. The van der Waals surface area contributed by atoms with E-state index >= 15 is 0 Å². The van der Waals surface area contributed by atoms with Gasteiger partial charge in [0.25, 0.3) is 0 Å². The smallest absolute Gasteiger partial charge is 0.340 e. The van der Waals surface area contributed by atoms with Gasteiger partial charge >= 0.3 is 6.18 Å². The fourth-order valence-electron chi connectivity index (χ4n) is 3.84. The highest BCUT2D eigenvalue weighted by Crippen LogP contribution is 2.40. The molecule has 1 aromatic rings. The molecule has 3 rings (SSSR count). The van der Waals surface area contributed by atoms with Gasteiger partial charge in [-0.2, -0.15) is 18.3 Å². The second-order valence-corrected chi connectivity index (χ2v) is 6.67. The van der Waals surface area contributed by atoms with Gasteiger partial charge < -0.3 is 4.90 Å². The van der Waals surface area contributed by atoms with E-state index in [1.807, 2.05) is 16.9 Å². The van der Waals surface area contributed by atoms with Crippen molar-refractivity contribution < 1.29 is 18.0 Å². The van der Waals surface area contributed by atoms with Gasteiger partial charge in [0, 0.05) is 31.4 Å².